The van der Waals surface area contributed by atoms with Crippen LogP contribution in [0, 0.1) is 0 Å². The van der Waals surface area contributed by atoms with Gasteiger partial charge in [-0.3, -0.25) is 4.79 Å². The molecule has 100 valence electrons. The summed E-state index contributed by atoms with van der Waals surface area (Å²) in [6.45, 7) is 5.67. The van der Waals surface area contributed by atoms with Crippen molar-refractivity contribution in [1.29, 1.82) is 0 Å². The monoisotopic (exact) mass is 243 g/mol. The van der Waals surface area contributed by atoms with Crippen LogP contribution in [-0.4, -0.2) is 47.8 Å². The molecule has 17 heavy (non-hydrogen) atoms. The molecule has 1 amide bonds. The van der Waals surface area contributed by atoms with Gasteiger partial charge in [0, 0.05) is 32.2 Å². The molecule has 0 aromatic carbocycles. The molecule has 1 aliphatic rings. The van der Waals surface area contributed by atoms with Gasteiger partial charge in [-0.1, -0.05) is 0 Å². The molecule has 0 aliphatic carbocycles. The van der Waals surface area contributed by atoms with E-state index in [0.717, 1.165) is 25.9 Å². The van der Waals surface area contributed by atoms with Crippen molar-refractivity contribution in [3.05, 3.63) is 0 Å². The average molecular weight is 243 g/mol. The Labute approximate surface area is 104 Å². The number of hydrogen-bond acceptors (Lipinski definition) is 3. The van der Waals surface area contributed by atoms with Crippen LogP contribution in [0.2, 0.25) is 0 Å². The molecule has 0 aromatic heterocycles. The minimum Gasteiger partial charge on any atom is -0.396 e. The van der Waals surface area contributed by atoms with Gasteiger partial charge in [0.1, 0.15) is 0 Å². The minimum absolute atomic E-state index is 0.141. The van der Waals surface area contributed by atoms with E-state index in [1.165, 1.54) is 0 Å². The Hall–Kier alpha value is -0.610. The molecule has 4 heteroatoms. The number of rotatable bonds is 7. The third-order valence-corrected chi connectivity index (χ3v) is 3.20. The molecule has 1 rings (SSSR count). The number of amides is 1. The van der Waals surface area contributed by atoms with Gasteiger partial charge in [0.25, 0.3) is 0 Å². The second-order valence-corrected chi connectivity index (χ2v) is 4.93. The molecule has 1 aliphatic heterocycles. The van der Waals surface area contributed by atoms with Crippen LogP contribution >= 0.6 is 0 Å². The van der Waals surface area contributed by atoms with Crippen molar-refractivity contribution in [2.75, 3.05) is 19.8 Å². The van der Waals surface area contributed by atoms with Crippen LogP contribution in [0.5, 0.6) is 0 Å². The molecule has 1 unspecified atom stereocenters. The van der Waals surface area contributed by atoms with Gasteiger partial charge in [-0.2, -0.15) is 0 Å². The molecular weight excluding hydrogens is 218 g/mol. The topological polar surface area (TPSA) is 49.8 Å². The van der Waals surface area contributed by atoms with E-state index in [-0.39, 0.29) is 24.7 Å². The zero-order chi connectivity index (χ0) is 12.7. The van der Waals surface area contributed by atoms with Crippen molar-refractivity contribution < 1.29 is 14.6 Å². The zero-order valence-corrected chi connectivity index (χ0v) is 11.0. The number of hydrogen-bond donors (Lipinski definition) is 1. The molecule has 0 radical (unpaired) electrons. The molecule has 0 spiro atoms. The molecule has 0 bridgehead atoms. The van der Waals surface area contributed by atoms with Gasteiger partial charge in [-0.05, 0) is 39.5 Å². The molecule has 4 nitrogen and oxygen atoms in total. The first-order valence-electron chi connectivity index (χ1n) is 6.67. The van der Waals surface area contributed by atoms with Crippen molar-refractivity contribution in [1.82, 2.24) is 4.90 Å². The molecule has 1 atom stereocenters. The van der Waals surface area contributed by atoms with E-state index < -0.39 is 0 Å². The van der Waals surface area contributed by atoms with Crippen molar-refractivity contribution in [3.8, 4) is 0 Å². The van der Waals surface area contributed by atoms with Crippen LogP contribution < -0.4 is 0 Å². The minimum atomic E-state index is 0.141. The third-order valence-electron chi connectivity index (χ3n) is 3.20. The molecule has 0 saturated carbocycles. The van der Waals surface area contributed by atoms with Crippen molar-refractivity contribution in [3.63, 3.8) is 0 Å². The summed E-state index contributed by atoms with van der Waals surface area (Å²) in [6, 6.07) is 0.207. The molecule has 0 aromatic rings. The highest BCUT2D eigenvalue weighted by atomic mass is 16.5. The summed E-state index contributed by atoms with van der Waals surface area (Å²) < 4.78 is 5.51. The maximum atomic E-state index is 12.0. The molecular formula is C13H25NO3. The second kappa shape index (κ2) is 7.67. The van der Waals surface area contributed by atoms with Gasteiger partial charge in [0.15, 0.2) is 0 Å². The standard InChI is InChI=1S/C13H25NO3/c1-11(2)14(8-4-9-15)13(16)7-6-12-5-3-10-17-12/h11-12,15H,3-10H2,1-2H3. The fraction of sp³-hybridized carbons (Fsp3) is 0.923. The quantitative estimate of drug-likeness (QED) is 0.738. The van der Waals surface area contributed by atoms with Gasteiger partial charge >= 0.3 is 0 Å². The van der Waals surface area contributed by atoms with E-state index in [4.69, 9.17) is 9.84 Å². The van der Waals surface area contributed by atoms with Crippen LogP contribution in [0.3, 0.4) is 0 Å². The highest BCUT2D eigenvalue weighted by Gasteiger charge is 2.20. The van der Waals surface area contributed by atoms with Crippen molar-refractivity contribution in [2.24, 2.45) is 0 Å². The Balaban J connectivity index is 2.30. The first kappa shape index (κ1) is 14.5. The third kappa shape index (κ3) is 5.04. The Morgan fingerprint density at radius 2 is 2.29 bits per heavy atom. The summed E-state index contributed by atoms with van der Waals surface area (Å²) in [5.74, 6) is 0.184. The highest BCUT2D eigenvalue weighted by molar-refractivity contribution is 5.76. The SMILES string of the molecule is CC(C)N(CCCO)C(=O)CCC1CCCO1. The Kier molecular flexibility index (Phi) is 6.52. The number of aliphatic hydroxyl groups is 1. The maximum absolute atomic E-state index is 12.0. The fourth-order valence-corrected chi connectivity index (χ4v) is 2.21. The molecule has 1 saturated heterocycles. The predicted octanol–water partition coefficient (Wildman–Crippen LogP) is 1.56. The van der Waals surface area contributed by atoms with Crippen LogP contribution in [0.1, 0.15) is 46.0 Å². The lowest BCUT2D eigenvalue weighted by atomic mass is 10.1. The van der Waals surface area contributed by atoms with Crippen molar-refractivity contribution in [2.45, 2.75) is 58.1 Å². The van der Waals surface area contributed by atoms with E-state index in [1.807, 2.05) is 18.7 Å². The van der Waals surface area contributed by atoms with E-state index >= 15 is 0 Å². The maximum Gasteiger partial charge on any atom is 0.222 e. The van der Waals surface area contributed by atoms with Gasteiger partial charge < -0.3 is 14.7 Å². The summed E-state index contributed by atoms with van der Waals surface area (Å²) in [5.41, 5.74) is 0. The van der Waals surface area contributed by atoms with Crippen molar-refractivity contribution >= 4 is 5.91 Å². The second-order valence-electron chi connectivity index (χ2n) is 4.93. The van der Waals surface area contributed by atoms with Crippen LogP contribution in [0.25, 0.3) is 0 Å². The Morgan fingerprint density at radius 3 is 2.82 bits per heavy atom. The van der Waals surface area contributed by atoms with Gasteiger partial charge in [0.2, 0.25) is 5.91 Å². The lowest BCUT2D eigenvalue weighted by Crippen LogP contribution is -2.38. The molecule has 1 N–H and O–H groups in total. The Bertz CT molecular complexity index is 225. The van der Waals surface area contributed by atoms with Gasteiger partial charge in [-0.15, -0.1) is 0 Å². The molecule has 1 heterocycles. The number of carbonyl (C=O) groups is 1. The first-order valence-corrected chi connectivity index (χ1v) is 6.67. The number of nitrogens with zero attached hydrogens (tertiary/aromatic N) is 1. The number of aliphatic hydroxyl groups excluding tert-OH is 1. The number of carbonyl (C=O) groups excluding carboxylic acids is 1. The average Bonchev–Trinajstić information content (AvgIpc) is 2.79. The summed E-state index contributed by atoms with van der Waals surface area (Å²) in [6.07, 6.45) is 4.55. The van der Waals surface area contributed by atoms with Crippen LogP contribution in [-0.2, 0) is 9.53 Å². The Morgan fingerprint density at radius 1 is 1.53 bits per heavy atom. The van der Waals surface area contributed by atoms with E-state index in [1.54, 1.807) is 0 Å². The molecule has 1 fully saturated rings. The summed E-state index contributed by atoms with van der Waals surface area (Å²) in [7, 11) is 0. The number of ether oxygens (including phenoxy) is 1. The highest BCUT2D eigenvalue weighted by Crippen LogP contribution is 2.17. The van der Waals surface area contributed by atoms with E-state index in [2.05, 4.69) is 0 Å². The lowest BCUT2D eigenvalue weighted by molar-refractivity contribution is -0.133. The van der Waals surface area contributed by atoms with Crippen LogP contribution in [0.15, 0.2) is 0 Å². The summed E-state index contributed by atoms with van der Waals surface area (Å²) in [5, 5.41) is 8.82. The van der Waals surface area contributed by atoms with E-state index in [0.29, 0.717) is 19.4 Å². The largest absolute Gasteiger partial charge is 0.396 e. The van der Waals surface area contributed by atoms with Gasteiger partial charge in [0.05, 0.1) is 6.10 Å². The van der Waals surface area contributed by atoms with E-state index in [9.17, 15) is 4.79 Å². The normalized spacial score (nSPS) is 19.9. The summed E-state index contributed by atoms with van der Waals surface area (Å²) in [4.78, 5) is 13.9. The van der Waals surface area contributed by atoms with Crippen LogP contribution in [0.4, 0.5) is 0 Å². The summed E-state index contributed by atoms with van der Waals surface area (Å²) >= 11 is 0. The zero-order valence-electron chi connectivity index (χ0n) is 11.0. The smallest absolute Gasteiger partial charge is 0.222 e. The first-order chi connectivity index (χ1) is 8.15. The van der Waals surface area contributed by atoms with Gasteiger partial charge in [-0.25, -0.2) is 0 Å². The fourth-order valence-electron chi connectivity index (χ4n) is 2.21. The predicted molar refractivity (Wildman–Crippen MR) is 66.8 cm³/mol. The lowest BCUT2D eigenvalue weighted by Gasteiger charge is -2.27.